The number of nitroso groups, excluding NO2 is 1. The molecule has 2 aromatic carbocycles. The lowest BCUT2D eigenvalue weighted by molar-refractivity contribution is 0.300. The van der Waals surface area contributed by atoms with Crippen LogP contribution >= 0.6 is 11.3 Å². The Labute approximate surface area is 169 Å². The molecular weight excluding hydrogens is 372 g/mol. The molecule has 7 heteroatoms. The van der Waals surface area contributed by atoms with Crippen molar-refractivity contribution in [2.75, 3.05) is 5.32 Å². The molecule has 0 amide bonds. The highest BCUT2D eigenvalue weighted by atomic mass is 32.1. The monoisotopic (exact) mass is 396 g/mol. The van der Waals surface area contributed by atoms with Gasteiger partial charge in [0.25, 0.3) is 0 Å². The zero-order valence-electron chi connectivity index (χ0n) is 16.7. The summed E-state index contributed by atoms with van der Waals surface area (Å²) in [5.74, 6) is 0.964. The van der Waals surface area contributed by atoms with Crippen molar-refractivity contribution >= 4 is 27.8 Å². The second kappa shape index (κ2) is 8.48. The van der Waals surface area contributed by atoms with Crippen LogP contribution in [0.4, 0.5) is 16.5 Å². The molecule has 0 fully saturated rings. The van der Waals surface area contributed by atoms with Crippen molar-refractivity contribution in [1.29, 1.82) is 0 Å². The van der Waals surface area contributed by atoms with E-state index in [0.29, 0.717) is 12.3 Å². The van der Waals surface area contributed by atoms with E-state index in [-0.39, 0.29) is 5.92 Å². The number of benzene rings is 2. The predicted molar refractivity (Wildman–Crippen MR) is 114 cm³/mol. The van der Waals surface area contributed by atoms with Gasteiger partial charge in [-0.15, -0.1) is 15.1 Å². The Bertz CT molecular complexity index is 978. The summed E-state index contributed by atoms with van der Waals surface area (Å²) in [4.78, 5) is 11.0. The fourth-order valence-electron chi connectivity index (χ4n) is 3.03. The van der Waals surface area contributed by atoms with Gasteiger partial charge in [0.1, 0.15) is 18.0 Å². The topological polar surface area (TPSA) is 76.5 Å². The van der Waals surface area contributed by atoms with Crippen LogP contribution in [0.15, 0.2) is 35.5 Å². The van der Waals surface area contributed by atoms with Crippen LogP contribution in [0.2, 0.25) is 0 Å². The Kier molecular flexibility index (Phi) is 6.04. The van der Waals surface area contributed by atoms with Gasteiger partial charge in [-0.2, -0.15) is 0 Å². The van der Waals surface area contributed by atoms with Crippen molar-refractivity contribution in [3.05, 3.63) is 62.5 Å². The molecule has 0 unspecified atom stereocenters. The third-order valence-electron chi connectivity index (χ3n) is 4.34. The third-order valence-corrected chi connectivity index (χ3v) is 5.15. The first-order valence-electron chi connectivity index (χ1n) is 9.14. The number of hydrogen-bond donors (Lipinski definition) is 1. The average molecular weight is 397 g/mol. The van der Waals surface area contributed by atoms with E-state index < -0.39 is 0 Å². The summed E-state index contributed by atoms with van der Waals surface area (Å²) < 4.78 is 6.00. The minimum atomic E-state index is 0.215. The summed E-state index contributed by atoms with van der Waals surface area (Å²) in [6.07, 6.45) is 0. The van der Waals surface area contributed by atoms with Crippen LogP contribution in [0.5, 0.6) is 5.75 Å². The van der Waals surface area contributed by atoms with Crippen LogP contribution in [0, 0.1) is 25.7 Å². The molecule has 0 aliphatic heterocycles. The van der Waals surface area contributed by atoms with Crippen LogP contribution in [-0.4, -0.2) is 10.2 Å². The van der Waals surface area contributed by atoms with Crippen molar-refractivity contribution in [2.45, 2.75) is 47.1 Å². The minimum absolute atomic E-state index is 0.215. The highest BCUT2D eigenvalue weighted by Crippen LogP contribution is 2.34. The van der Waals surface area contributed by atoms with Crippen LogP contribution in [0.3, 0.4) is 0 Å². The van der Waals surface area contributed by atoms with E-state index in [4.69, 9.17) is 4.74 Å². The summed E-state index contributed by atoms with van der Waals surface area (Å²) in [6, 6.07) is 9.94. The molecule has 1 aromatic heterocycles. The quantitative estimate of drug-likeness (QED) is 0.474. The van der Waals surface area contributed by atoms with Crippen molar-refractivity contribution in [3.8, 4) is 5.75 Å². The lowest BCUT2D eigenvalue weighted by Crippen LogP contribution is -2.00. The maximum Gasteiger partial charge on any atom is 0.210 e. The molecule has 0 atom stereocenters. The first-order valence-corrected chi connectivity index (χ1v) is 9.95. The lowest BCUT2D eigenvalue weighted by atomic mass is 9.99. The van der Waals surface area contributed by atoms with Crippen molar-refractivity contribution < 1.29 is 4.74 Å². The molecule has 146 valence electrons. The second-order valence-electron chi connectivity index (χ2n) is 7.21. The molecular formula is C21H24N4O2S. The molecule has 3 rings (SSSR count). The predicted octanol–water partition coefficient (Wildman–Crippen LogP) is 6.31. The normalized spacial score (nSPS) is 10.9. The van der Waals surface area contributed by atoms with E-state index >= 15 is 0 Å². The van der Waals surface area contributed by atoms with Crippen molar-refractivity contribution in [1.82, 2.24) is 10.2 Å². The fourth-order valence-corrected chi connectivity index (χ4v) is 3.71. The molecule has 0 saturated heterocycles. The Hall–Kier alpha value is -2.80. The van der Waals surface area contributed by atoms with Crippen LogP contribution in [0.1, 0.15) is 47.0 Å². The number of rotatable bonds is 7. The van der Waals surface area contributed by atoms with Gasteiger partial charge in [-0.25, -0.2) is 0 Å². The van der Waals surface area contributed by atoms with E-state index in [9.17, 15) is 4.91 Å². The standard InChI is InChI=1S/C21H24N4O2S/c1-12(2)17-10-18(25-26)15(5)9-19(17)27-11-20-23-24-21(28-20)22-16-7-13(3)6-14(4)8-16/h6-10,12H,11H2,1-5H3,(H,22,24). The highest BCUT2D eigenvalue weighted by Gasteiger charge is 2.14. The zero-order valence-corrected chi connectivity index (χ0v) is 17.6. The summed E-state index contributed by atoms with van der Waals surface area (Å²) in [7, 11) is 0. The fraction of sp³-hybridized carbons (Fsp3) is 0.333. The SMILES string of the molecule is Cc1cc(C)cc(Nc2nnc(COc3cc(C)c(N=O)cc3C(C)C)s2)c1. The Morgan fingerprint density at radius 1 is 1.07 bits per heavy atom. The summed E-state index contributed by atoms with van der Waals surface area (Å²) in [6.45, 7) is 10.4. The van der Waals surface area contributed by atoms with Gasteiger partial charge in [-0.05, 0) is 78.4 Å². The molecule has 0 bridgehead atoms. The Morgan fingerprint density at radius 3 is 2.43 bits per heavy atom. The maximum atomic E-state index is 11.0. The number of nitrogens with one attached hydrogen (secondary N) is 1. The Balaban J connectivity index is 1.72. The molecule has 0 aliphatic rings. The lowest BCUT2D eigenvalue weighted by Gasteiger charge is -2.15. The van der Waals surface area contributed by atoms with Gasteiger partial charge in [-0.3, -0.25) is 0 Å². The van der Waals surface area contributed by atoms with Gasteiger partial charge in [0, 0.05) is 5.69 Å². The van der Waals surface area contributed by atoms with E-state index in [1.54, 1.807) is 6.07 Å². The highest BCUT2D eigenvalue weighted by molar-refractivity contribution is 7.15. The van der Waals surface area contributed by atoms with E-state index in [1.807, 2.05) is 13.0 Å². The first kappa shape index (κ1) is 19.9. The largest absolute Gasteiger partial charge is 0.486 e. The van der Waals surface area contributed by atoms with E-state index in [0.717, 1.165) is 32.7 Å². The van der Waals surface area contributed by atoms with Gasteiger partial charge in [-0.1, -0.05) is 31.3 Å². The van der Waals surface area contributed by atoms with Gasteiger partial charge in [0.2, 0.25) is 5.13 Å². The number of hydrogen-bond acceptors (Lipinski definition) is 7. The molecule has 0 radical (unpaired) electrons. The summed E-state index contributed by atoms with van der Waals surface area (Å²) >= 11 is 1.46. The first-order chi connectivity index (χ1) is 13.4. The molecule has 3 aromatic rings. The number of anilines is 2. The summed E-state index contributed by atoms with van der Waals surface area (Å²) in [5, 5.41) is 16.3. The van der Waals surface area contributed by atoms with Crippen LogP contribution in [0.25, 0.3) is 0 Å². The molecule has 6 nitrogen and oxygen atoms in total. The Morgan fingerprint density at radius 2 is 1.79 bits per heavy atom. The number of nitrogens with zero attached hydrogens (tertiary/aromatic N) is 3. The van der Waals surface area contributed by atoms with Gasteiger partial charge in [0.05, 0.1) is 0 Å². The molecule has 0 aliphatic carbocycles. The third kappa shape index (κ3) is 4.72. The van der Waals surface area contributed by atoms with Crippen molar-refractivity contribution in [2.24, 2.45) is 5.18 Å². The average Bonchev–Trinajstić information content (AvgIpc) is 3.06. The molecule has 1 N–H and O–H groups in total. The number of ether oxygens (including phenoxy) is 1. The van der Waals surface area contributed by atoms with Gasteiger partial charge in [0.15, 0.2) is 5.01 Å². The minimum Gasteiger partial charge on any atom is -0.486 e. The molecule has 28 heavy (non-hydrogen) atoms. The van der Waals surface area contributed by atoms with Gasteiger partial charge >= 0.3 is 0 Å². The van der Waals surface area contributed by atoms with E-state index in [2.05, 4.69) is 66.6 Å². The molecule has 1 heterocycles. The van der Waals surface area contributed by atoms with Gasteiger partial charge < -0.3 is 10.1 Å². The number of aromatic nitrogens is 2. The summed E-state index contributed by atoms with van der Waals surface area (Å²) in [5.41, 5.74) is 5.59. The second-order valence-corrected chi connectivity index (χ2v) is 8.28. The molecule has 0 spiro atoms. The zero-order chi connectivity index (χ0) is 20.3. The van der Waals surface area contributed by atoms with Crippen LogP contribution in [-0.2, 0) is 6.61 Å². The van der Waals surface area contributed by atoms with E-state index in [1.165, 1.54) is 22.5 Å². The van der Waals surface area contributed by atoms with Crippen molar-refractivity contribution in [3.63, 3.8) is 0 Å². The smallest absolute Gasteiger partial charge is 0.210 e. The van der Waals surface area contributed by atoms with Crippen LogP contribution < -0.4 is 10.1 Å². The number of aryl methyl sites for hydroxylation is 3. The molecule has 0 saturated carbocycles. The maximum absolute atomic E-state index is 11.0.